The van der Waals surface area contributed by atoms with Crippen LogP contribution in [0.4, 0.5) is 8.78 Å². The van der Waals surface area contributed by atoms with E-state index in [1.54, 1.807) is 6.92 Å². The Kier molecular flexibility index (Phi) is 3.17. The highest BCUT2D eigenvalue weighted by Gasteiger charge is 2.45. The predicted octanol–water partition coefficient (Wildman–Crippen LogP) is 1.90. The summed E-state index contributed by atoms with van der Waals surface area (Å²) in [6.45, 7) is 5.81. The van der Waals surface area contributed by atoms with Gasteiger partial charge in [-0.1, -0.05) is 0 Å². The van der Waals surface area contributed by atoms with Crippen molar-refractivity contribution in [2.24, 2.45) is 0 Å². The van der Waals surface area contributed by atoms with Crippen molar-refractivity contribution in [2.75, 3.05) is 6.61 Å². The molecule has 0 saturated carbocycles. The lowest BCUT2D eigenvalue weighted by molar-refractivity contribution is -0.263. The van der Waals surface area contributed by atoms with E-state index in [0.29, 0.717) is 0 Å². The van der Waals surface area contributed by atoms with Gasteiger partial charge in [0.25, 0.3) is 0 Å². The summed E-state index contributed by atoms with van der Waals surface area (Å²) in [5.41, 5.74) is -0.215. The highest BCUT2D eigenvalue weighted by Crippen LogP contribution is 2.33. The first-order chi connectivity index (χ1) is 8.23. The van der Waals surface area contributed by atoms with Gasteiger partial charge in [0.05, 0.1) is 12.6 Å². The smallest absolute Gasteiger partial charge is 0.208 e. The normalized spacial score (nSPS) is 31.3. The topological polar surface area (TPSA) is 41.5 Å². The minimum atomic E-state index is -1.72. The fourth-order valence-electron chi connectivity index (χ4n) is 2.24. The van der Waals surface area contributed by atoms with Gasteiger partial charge in [-0.15, -0.1) is 0 Å². The first kappa shape index (κ1) is 13.4. The zero-order valence-corrected chi connectivity index (χ0v) is 10.6. The van der Waals surface area contributed by atoms with Gasteiger partial charge in [0.2, 0.25) is 5.79 Å². The first-order valence-electron chi connectivity index (χ1n) is 5.83. The Morgan fingerprint density at radius 2 is 1.83 bits per heavy atom. The zero-order chi connectivity index (χ0) is 13.6. The Morgan fingerprint density at radius 1 is 1.28 bits per heavy atom. The molecule has 0 amide bonds. The number of halogens is 2. The van der Waals surface area contributed by atoms with Crippen LogP contribution in [0.5, 0.6) is 0 Å². The molecule has 2 N–H and O–H groups in total. The Bertz CT molecular complexity index is 444. The molecule has 0 spiro atoms. The van der Waals surface area contributed by atoms with Gasteiger partial charge < -0.3 is 15.2 Å². The third kappa shape index (κ3) is 2.39. The van der Waals surface area contributed by atoms with Crippen LogP contribution < -0.4 is 5.32 Å². The third-order valence-electron chi connectivity index (χ3n) is 3.12. The molecule has 1 aliphatic heterocycles. The maximum absolute atomic E-state index is 13.2. The molecule has 2 rings (SSSR count). The van der Waals surface area contributed by atoms with E-state index < -0.39 is 23.5 Å². The Balaban J connectivity index is 2.36. The average Bonchev–Trinajstić information content (AvgIpc) is 2.22. The molecule has 2 unspecified atom stereocenters. The van der Waals surface area contributed by atoms with Crippen LogP contribution in [0.2, 0.25) is 0 Å². The summed E-state index contributed by atoms with van der Waals surface area (Å²) in [7, 11) is 0. The molecule has 0 aromatic heterocycles. The standard InChI is InChI=1S/C13H17F2NO2/c1-8-13(17,18-7-12(2,3)16-8)9-4-10(14)6-11(15)5-9/h4-6,8,16-17H,7H2,1-3H3. The summed E-state index contributed by atoms with van der Waals surface area (Å²) in [5.74, 6) is -3.20. The van der Waals surface area contributed by atoms with E-state index in [0.717, 1.165) is 18.2 Å². The van der Waals surface area contributed by atoms with Crippen molar-refractivity contribution >= 4 is 0 Å². The molecule has 3 nitrogen and oxygen atoms in total. The molecule has 0 bridgehead atoms. The van der Waals surface area contributed by atoms with E-state index in [1.165, 1.54) is 0 Å². The molecule has 5 heteroatoms. The summed E-state index contributed by atoms with van der Waals surface area (Å²) < 4.78 is 31.9. The maximum Gasteiger partial charge on any atom is 0.208 e. The molecule has 1 aliphatic rings. The van der Waals surface area contributed by atoms with E-state index >= 15 is 0 Å². The summed E-state index contributed by atoms with van der Waals surface area (Å²) >= 11 is 0. The largest absolute Gasteiger partial charge is 0.361 e. The molecule has 0 radical (unpaired) electrons. The SMILES string of the molecule is CC1NC(C)(C)COC1(O)c1cc(F)cc(F)c1. The lowest BCUT2D eigenvalue weighted by Crippen LogP contribution is -2.63. The van der Waals surface area contributed by atoms with E-state index in [9.17, 15) is 13.9 Å². The summed E-state index contributed by atoms with van der Waals surface area (Å²) in [6.07, 6.45) is 0. The van der Waals surface area contributed by atoms with Crippen molar-refractivity contribution < 1.29 is 18.6 Å². The minimum absolute atomic E-state index is 0.0792. The van der Waals surface area contributed by atoms with Gasteiger partial charge in [0, 0.05) is 17.2 Å². The quantitative estimate of drug-likeness (QED) is 0.807. The Hall–Kier alpha value is -1.04. The van der Waals surface area contributed by atoms with Crippen molar-refractivity contribution in [3.05, 3.63) is 35.4 Å². The number of benzene rings is 1. The molecule has 1 fully saturated rings. The molecule has 100 valence electrons. The number of hydrogen-bond donors (Lipinski definition) is 2. The molecule has 1 heterocycles. The molecular weight excluding hydrogens is 240 g/mol. The second kappa shape index (κ2) is 4.26. The van der Waals surface area contributed by atoms with E-state index in [-0.39, 0.29) is 17.7 Å². The number of aliphatic hydroxyl groups is 1. The van der Waals surface area contributed by atoms with Gasteiger partial charge in [-0.2, -0.15) is 0 Å². The third-order valence-corrected chi connectivity index (χ3v) is 3.12. The number of hydrogen-bond acceptors (Lipinski definition) is 3. The lowest BCUT2D eigenvalue weighted by atomic mass is 9.92. The highest BCUT2D eigenvalue weighted by molar-refractivity contribution is 5.25. The van der Waals surface area contributed by atoms with Crippen LogP contribution in [0.25, 0.3) is 0 Å². The molecule has 0 aliphatic carbocycles. The minimum Gasteiger partial charge on any atom is -0.361 e. The van der Waals surface area contributed by atoms with Crippen molar-refractivity contribution in [1.29, 1.82) is 0 Å². The maximum atomic E-state index is 13.2. The van der Waals surface area contributed by atoms with Gasteiger partial charge in [-0.05, 0) is 32.9 Å². The molecule has 2 atom stereocenters. The second-order valence-electron chi connectivity index (χ2n) is 5.39. The summed E-state index contributed by atoms with van der Waals surface area (Å²) in [6, 6.07) is 2.44. The number of morpholine rings is 1. The van der Waals surface area contributed by atoms with Crippen molar-refractivity contribution in [3.8, 4) is 0 Å². The Morgan fingerprint density at radius 3 is 2.33 bits per heavy atom. The van der Waals surface area contributed by atoms with Gasteiger partial charge in [-0.3, -0.25) is 0 Å². The molecule has 1 aromatic rings. The first-order valence-corrected chi connectivity index (χ1v) is 5.83. The average molecular weight is 257 g/mol. The van der Waals surface area contributed by atoms with Crippen molar-refractivity contribution in [1.82, 2.24) is 5.32 Å². The van der Waals surface area contributed by atoms with Gasteiger partial charge in [0.15, 0.2) is 0 Å². The number of nitrogens with one attached hydrogen (secondary N) is 1. The van der Waals surface area contributed by atoms with E-state index in [1.807, 2.05) is 13.8 Å². The van der Waals surface area contributed by atoms with Gasteiger partial charge in [0.1, 0.15) is 11.6 Å². The molecule has 18 heavy (non-hydrogen) atoms. The Labute approximate surface area is 105 Å². The van der Waals surface area contributed by atoms with Crippen LogP contribution in [0.3, 0.4) is 0 Å². The summed E-state index contributed by atoms with van der Waals surface area (Å²) in [5, 5.41) is 13.6. The van der Waals surface area contributed by atoms with Crippen LogP contribution in [0.15, 0.2) is 18.2 Å². The predicted molar refractivity (Wildman–Crippen MR) is 62.9 cm³/mol. The second-order valence-corrected chi connectivity index (χ2v) is 5.39. The van der Waals surface area contributed by atoms with Crippen LogP contribution in [0, 0.1) is 11.6 Å². The summed E-state index contributed by atoms with van der Waals surface area (Å²) in [4.78, 5) is 0. The molecular formula is C13H17F2NO2. The fraction of sp³-hybridized carbons (Fsp3) is 0.538. The number of ether oxygens (including phenoxy) is 1. The lowest BCUT2D eigenvalue weighted by Gasteiger charge is -2.46. The molecule has 1 saturated heterocycles. The van der Waals surface area contributed by atoms with Crippen LogP contribution >= 0.6 is 0 Å². The van der Waals surface area contributed by atoms with E-state index in [4.69, 9.17) is 4.74 Å². The van der Waals surface area contributed by atoms with E-state index in [2.05, 4.69) is 5.32 Å². The van der Waals surface area contributed by atoms with Gasteiger partial charge >= 0.3 is 0 Å². The highest BCUT2D eigenvalue weighted by atomic mass is 19.1. The molecule has 1 aromatic carbocycles. The fourth-order valence-corrected chi connectivity index (χ4v) is 2.24. The number of rotatable bonds is 1. The van der Waals surface area contributed by atoms with Crippen LogP contribution in [-0.2, 0) is 10.5 Å². The monoisotopic (exact) mass is 257 g/mol. The van der Waals surface area contributed by atoms with Crippen molar-refractivity contribution in [3.63, 3.8) is 0 Å². The zero-order valence-electron chi connectivity index (χ0n) is 10.6. The van der Waals surface area contributed by atoms with Crippen LogP contribution in [0.1, 0.15) is 26.3 Å². The van der Waals surface area contributed by atoms with Crippen LogP contribution in [-0.4, -0.2) is 23.3 Å². The van der Waals surface area contributed by atoms with Gasteiger partial charge in [-0.25, -0.2) is 8.78 Å². The van der Waals surface area contributed by atoms with Crippen molar-refractivity contribution in [2.45, 2.75) is 38.1 Å².